The molecule has 0 amide bonds. The molecule has 166 valence electrons. The molecule has 0 radical (unpaired) electrons. The molecule has 0 aromatic rings. The predicted molar refractivity (Wildman–Crippen MR) is 122 cm³/mol. The van der Waals surface area contributed by atoms with E-state index in [1.165, 1.54) is 108 Å². The maximum atomic E-state index is 9.33. The van der Waals surface area contributed by atoms with Crippen LogP contribution in [0.2, 0.25) is 0 Å². The highest BCUT2D eigenvalue weighted by Gasteiger charge is 2.00. The Bertz CT molecular complexity index is 370. The van der Waals surface area contributed by atoms with Gasteiger partial charge in [0, 0.05) is 0 Å². The second-order valence-corrected chi connectivity index (χ2v) is 11.2. The Kier molecular flexibility index (Phi) is 24.5. The normalized spacial score (nSPS) is 11.5. The second kappa shape index (κ2) is 22.5. The molecular weight excluding hydrogens is 380 g/mol. The molecule has 0 aromatic carbocycles. The van der Waals surface area contributed by atoms with Crippen molar-refractivity contribution < 1.29 is 17.2 Å². The van der Waals surface area contributed by atoms with Crippen LogP contribution in [0.5, 0.6) is 0 Å². The van der Waals surface area contributed by atoms with Crippen LogP contribution in [0, 0.1) is 0 Å². The summed E-state index contributed by atoms with van der Waals surface area (Å²) in [7, 11) is -2.62. The average Bonchev–Trinajstić information content (AvgIpc) is 2.61. The van der Waals surface area contributed by atoms with E-state index in [4.69, 9.17) is 4.55 Å². The van der Waals surface area contributed by atoms with E-state index in [0.29, 0.717) is 10.9 Å². The third-order valence-electron chi connectivity index (χ3n) is 4.62. The largest absolute Gasteiger partial charge is 0.397 e. The van der Waals surface area contributed by atoms with Gasteiger partial charge in [-0.1, -0.05) is 96.8 Å². The first-order chi connectivity index (χ1) is 12.8. The quantitative estimate of drug-likeness (QED) is 0.153. The molecule has 4 nitrogen and oxygen atoms in total. The SMILES string of the molecule is CCCCCCCCCCCCCCCCCC[S+](C)C.COS(=O)(=O)O. The number of unbranched alkanes of at least 4 members (excludes halogenated alkanes) is 15. The molecule has 6 heteroatoms. The van der Waals surface area contributed by atoms with Crippen LogP contribution < -0.4 is 0 Å². The van der Waals surface area contributed by atoms with E-state index in [9.17, 15) is 8.42 Å². The van der Waals surface area contributed by atoms with Crippen LogP contribution in [-0.2, 0) is 25.5 Å². The monoisotopic (exact) mass is 427 g/mol. The lowest BCUT2D eigenvalue weighted by Crippen LogP contribution is -2.00. The van der Waals surface area contributed by atoms with Crippen molar-refractivity contribution in [2.45, 2.75) is 110 Å². The van der Waals surface area contributed by atoms with E-state index in [1.54, 1.807) is 0 Å². The summed E-state index contributed by atoms with van der Waals surface area (Å²) in [4.78, 5) is 0. The average molecular weight is 428 g/mol. The number of hydrogen-bond donors (Lipinski definition) is 1. The maximum Gasteiger partial charge on any atom is 0.397 e. The van der Waals surface area contributed by atoms with Gasteiger partial charge in [0.25, 0.3) is 0 Å². The van der Waals surface area contributed by atoms with Crippen LogP contribution in [0.1, 0.15) is 110 Å². The third-order valence-corrected chi connectivity index (χ3v) is 6.14. The summed E-state index contributed by atoms with van der Waals surface area (Å²) >= 11 is 0. The lowest BCUT2D eigenvalue weighted by Gasteiger charge is -2.03. The Morgan fingerprint density at radius 2 is 0.926 bits per heavy atom. The Hall–Kier alpha value is 0.220. The van der Waals surface area contributed by atoms with Crippen molar-refractivity contribution >= 4 is 21.3 Å². The van der Waals surface area contributed by atoms with Crippen LogP contribution in [0.15, 0.2) is 0 Å². The molecule has 27 heavy (non-hydrogen) atoms. The molecule has 0 unspecified atom stereocenters. The molecular formula is C21H47O4S2+. The van der Waals surface area contributed by atoms with Crippen molar-refractivity contribution in [2.24, 2.45) is 0 Å². The van der Waals surface area contributed by atoms with Crippen molar-refractivity contribution in [1.29, 1.82) is 0 Å². The molecule has 0 saturated carbocycles. The van der Waals surface area contributed by atoms with E-state index in [-0.39, 0.29) is 0 Å². The van der Waals surface area contributed by atoms with Gasteiger partial charge in [-0.2, -0.15) is 8.42 Å². The predicted octanol–water partition coefficient (Wildman–Crippen LogP) is 6.56. The Morgan fingerprint density at radius 3 is 1.15 bits per heavy atom. The zero-order chi connectivity index (χ0) is 20.8. The van der Waals surface area contributed by atoms with Crippen molar-refractivity contribution in [1.82, 2.24) is 0 Å². The van der Waals surface area contributed by atoms with Gasteiger partial charge in [0.05, 0.1) is 19.6 Å². The van der Waals surface area contributed by atoms with Crippen molar-refractivity contribution in [3.05, 3.63) is 0 Å². The molecule has 0 aliphatic heterocycles. The van der Waals surface area contributed by atoms with Crippen LogP contribution in [0.4, 0.5) is 0 Å². The maximum absolute atomic E-state index is 9.33. The van der Waals surface area contributed by atoms with Gasteiger partial charge in [-0.25, -0.2) is 0 Å². The molecule has 0 spiro atoms. The van der Waals surface area contributed by atoms with Crippen molar-refractivity contribution in [2.75, 3.05) is 25.4 Å². The van der Waals surface area contributed by atoms with Gasteiger partial charge in [-0.15, -0.1) is 0 Å². The Labute approximate surface area is 173 Å². The number of hydrogen-bond acceptors (Lipinski definition) is 3. The van der Waals surface area contributed by atoms with E-state index in [2.05, 4.69) is 23.6 Å². The first kappa shape index (κ1) is 29.4. The van der Waals surface area contributed by atoms with E-state index >= 15 is 0 Å². The Morgan fingerprint density at radius 1 is 0.667 bits per heavy atom. The fourth-order valence-electron chi connectivity index (χ4n) is 2.94. The minimum atomic E-state index is -4.16. The molecule has 0 saturated heterocycles. The molecule has 0 aromatic heterocycles. The summed E-state index contributed by atoms with van der Waals surface area (Å²) in [5.74, 6) is 1.46. The van der Waals surface area contributed by atoms with E-state index in [1.807, 2.05) is 0 Å². The zero-order valence-electron chi connectivity index (χ0n) is 18.5. The molecule has 0 fully saturated rings. The van der Waals surface area contributed by atoms with Crippen LogP contribution in [0.25, 0.3) is 0 Å². The first-order valence-corrected chi connectivity index (χ1v) is 14.5. The Balaban J connectivity index is 0. The highest BCUT2D eigenvalue weighted by molar-refractivity contribution is 7.95. The van der Waals surface area contributed by atoms with Crippen molar-refractivity contribution in [3.8, 4) is 0 Å². The minimum Gasteiger partial charge on any atom is -0.264 e. The highest BCUT2D eigenvalue weighted by atomic mass is 32.3. The van der Waals surface area contributed by atoms with Crippen molar-refractivity contribution in [3.63, 3.8) is 0 Å². The van der Waals surface area contributed by atoms with E-state index < -0.39 is 10.4 Å². The number of rotatable bonds is 18. The molecule has 1 N–H and O–H groups in total. The smallest absolute Gasteiger partial charge is 0.264 e. The zero-order valence-corrected chi connectivity index (χ0v) is 20.1. The fourth-order valence-corrected chi connectivity index (χ4v) is 3.72. The third kappa shape index (κ3) is 34.2. The topological polar surface area (TPSA) is 63.6 Å². The lowest BCUT2D eigenvalue weighted by atomic mass is 10.0. The van der Waals surface area contributed by atoms with Gasteiger partial charge in [-0.05, 0) is 23.7 Å². The summed E-state index contributed by atoms with van der Waals surface area (Å²) in [6.45, 7) is 2.30. The molecule has 0 aliphatic rings. The van der Waals surface area contributed by atoms with Crippen LogP contribution in [-0.4, -0.2) is 38.3 Å². The fraction of sp³-hybridized carbons (Fsp3) is 1.00. The molecule has 0 rings (SSSR count). The van der Waals surface area contributed by atoms with Gasteiger partial charge >= 0.3 is 10.4 Å². The van der Waals surface area contributed by atoms with Gasteiger partial charge in [0.1, 0.15) is 5.75 Å². The molecule has 0 atom stereocenters. The highest BCUT2D eigenvalue weighted by Crippen LogP contribution is 2.13. The summed E-state index contributed by atoms with van der Waals surface area (Å²) in [6.07, 6.45) is 28.3. The van der Waals surface area contributed by atoms with E-state index in [0.717, 1.165) is 7.11 Å². The van der Waals surface area contributed by atoms with Gasteiger partial charge < -0.3 is 0 Å². The first-order valence-electron chi connectivity index (χ1n) is 10.9. The molecule has 0 bridgehead atoms. The van der Waals surface area contributed by atoms with Crippen LogP contribution in [0.3, 0.4) is 0 Å². The summed E-state index contributed by atoms with van der Waals surface area (Å²) in [5.41, 5.74) is 0. The summed E-state index contributed by atoms with van der Waals surface area (Å²) < 4.78 is 29.7. The summed E-state index contributed by atoms with van der Waals surface area (Å²) in [6, 6.07) is 0. The molecule has 0 aliphatic carbocycles. The molecule has 0 heterocycles. The van der Waals surface area contributed by atoms with Gasteiger partial charge in [0.15, 0.2) is 0 Å². The second-order valence-electron chi connectivity index (χ2n) is 7.59. The minimum absolute atomic E-state index is 0.667. The van der Waals surface area contributed by atoms with Gasteiger partial charge in [-0.3, -0.25) is 8.74 Å². The van der Waals surface area contributed by atoms with Crippen LogP contribution >= 0.6 is 0 Å². The lowest BCUT2D eigenvalue weighted by molar-refractivity contribution is 0.324. The summed E-state index contributed by atoms with van der Waals surface area (Å²) in [5, 5.41) is 0. The standard InChI is InChI=1S/C20H43S.CH4O4S/c1-4-5-6-7-8-9-10-11-12-13-14-15-16-17-18-19-20-21(2)3;1-5-6(2,3)4/h4-20H2,1-3H3;1H3,(H,2,3,4)/q+1;. The van der Waals surface area contributed by atoms with Gasteiger partial charge in [0.2, 0.25) is 0 Å².